The summed E-state index contributed by atoms with van der Waals surface area (Å²) in [6.45, 7) is 70.5. The van der Waals surface area contributed by atoms with Gasteiger partial charge in [0, 0.05) is 77.9 Å². The van der Waals surface area contributed by atoms with Crippen LogP contribution in [0.15, 0.2) is 291 Å². The molecule has 0 bridgehead atoms. The summed E-state index contributed by atoms with van der Waals surface area (Å²) in [6, 6.07) is 118. The molecule has 0 spiro atoms. The summed E-state index contributed by atoms with van der Waals surface area (Å²) < 4.78 is 5.10. The van der Waals surface area contributed by atoms with E-state index >= 15 is 0 Å². The van der Waals surface area contributed by atoms with Crippen LogP contribution in [0.25, 0.3) is 122 Å². The summed E-state index contributed by atoms with van der Waals surface area (Å²) in [5.41, 5.74) is 45.7. The van der Waals surface area contributed by atoms with Crippen molar-refractivity contribution in [2.75, 3.05) is 9.80 Å². The molecule has 4 nitrogen and oxygen atoms in total. The first-order valence-corrected chi connectivity index (χ1v) is 52.5. The third kappa shape index (κ3) is 17.7. The maximum Gasteiger partial charge on any atom is 0.252 e. The van der Waals surface area contributed by atoms with E-state index in [2.05, 4.69) is 518 Å². The second-order valence-electron chi connectivity index (χ2n) is 52.3. The summed E-state index contributed by atoms with van der Waals surface area (Å²) in [5.74, 6) is 0.301. The van der Waals surface area contributed by atoms with Gasteiger partial charge >= 0.3 is 0 Å². The second-order valence-corrected chi connectivity index (χ2v) is 52.3. The first-order valence-electron chi connectivity index (χ1n) is 52.5. The van der Waals surface area contributed by atoms with Gasteiger partial charge in [-0.2, -0.15) is 0 Å². The lowest BCUT2D eigenvalue weighted by Crippen LogP contribution is -2.61. The summed E-state index contributed by atoms with van der Waals surface area (Å²) in [5, 5.41) is 5.12. The van der Waals surface area contributed by atoms with Gasteiger partial charge in [-0.1, -0.05) is 397 Å². The molecular weight excluding hydrogens is 1700 g/mol. The van der Waals surface area contributed by atoms with Crippen molar-refractivity contribution in [1.82, 2.24) is 9.13 Å². The Morgan fingerprint density at radius 2 is 0.461 bits per heavy atom. The van der Waals surface area contributed by atoms with Crippen molar-refractivity contribution >= 4 is 101 Å². The van der Waals surface area contributed by atoms with Crippen molar-refractivity contribution in [3.8, 4) is 78.1 Å². The molecule has 716 valence electrons. The molecule has 0 N–H and O–H groups in total. The van der Waals surface area contributed by atoms with Gasteiger partial charge in [-0.05, 0) is 316 Å². The lowest BCUT2D eigenvalue weighted by molar-refractivity contribution is 0.444. The minimum Gasteiger partial charge on any atom is -0.310 e. The lowest BCUT2D eigenvalue weighted by Gasteiger charge is -2.46. The zero-order valence-electron chi connectivity index (χ0n) is 90.2. The third-order valence-corrected chi connectivity index (χ3v) is 31.7. The Balaban J connectivity index is 0.946. The fourth-order valence-corrected chi connectivity index (χ4v) is 22.8. The van der Waals surface area contributed by atoms with E-state index in [0.717, 1.165) is 46.5 Å². The third-order valence-electron chi connectivity index (χ3n) is 31.7. The van der Waals surface area contributed by atoms with Gasteiger partial charge in [-0.15, -0.1) is 0 Å². The van der Waals surface area contributed by atoms with Gasteiger partial charge in [0.1, 0.15) is 0 Å². The Hall–Kier alpha value is -12.4. The van der Waals surface area contributed by atoms with Crippen molar-refractivity contribution in [3.05, 3.63) is 352 Å². The number of aromatic nitrogens is 2. The largest absolute Gasteiger partial charge is 0.310 e. The number of benzene rings is 15. The van der Waals surface area contributed by atoms with Crippen molar-refractivity contribution in [1.29, 1.82) is 0 Å². The minimum absolute atomic E-state index is 0.0480. The van der Waals surface area contributed by atoms with E-state index in [0.29, 0.717) is 5.92 Å². The van der Waals surface area contributed by atoms with Gasteiger partial charge in [0.2, 0.25) is 0 Å². The van der Waals surface area contributed by atoms with Gasteiger partial charge in [0.25, 0.3) is 6.71 Å². The molecule has 0 amide bonds. The van der Waals surface area contributed by atoms with Crippen molar-refractivity contribution in [3.63, 3.8) is 0 Å². The van der Waals surface area contributed by atoms with Gasteiger partial charge in [-0.3, -0.25) is 0 Å². The smallest absolute Gasteiger partial charge is 0.252 e. The predicted molar refractivity (Wildman–Crippen MR) is 615 cm³/mol. The van der Waals surface area contributed by atoms with E-state index in [1.165, 1.54) is 219 Å². The average Bonchev–Trinajstić information content (AvgIpc) is 0.882. The fraction of sp³-hybridized carbons (Fsp3) is 0.338. The Kier molecular flexibility index (Phi) is 23.3. The molecule has 0 radical (unpaired) electrons. The zero-order valence-corrected chi connectivity index (χ0v) is 90.2. The standard InChI is InChI=1S/C136H149BN4/c1-127(2,3)94-52-42-85(43-53-94)106-80-102(135(25,26)27)81-107(86-44-54-95(55-45-86)128(4,5)6)125(106)140-120-64-50-91(89-38-34-40-104(70-89)138-116-66-60-98(131(13,14)15)76-110(116)111-77-99(132(16,17)18)61-67-117(111)138)72-114(120)137-115-73-92(90-39-35-41-105(71-90)139-118-68-62-100(133(19,20)21)78-112(118)113-79-101(134(22,23)24)63-69-119(113)139)51-65-121(115)141(123-75-93(74-122(140)124(123)137)84-36-32-31-33-37-84)126-108(87-46-56-96(57-47-87)129(7,8)9)82-103(136(28,29)30)83-109(126)88-48-58-97(59-49-88)130(10,11)12/h34-35,38-84H,31-33,36-37H2,1-30H3. The highest BCUT2D eigenvalue weighted by atomic mass is 15.2. The molecular formula is C136H149BN4. The molecule has 0 atom stereocenters. The van der Waals surface area contributed by atoms with E-state index < -0.39 is 0 Å². The van der Waals surface area contributed by atoms with Crippen molar-refractivity contribution in [2.45, 2.75) is 300 Å². The lowest BCUT2D eigenvalue weighted by atomic mass is 9.33. The Labute approximate surface area is 844 Å². The van der Waals surface area contributed by atoms with E-state index in [1.807, 2.05) is 0 Å². The Morgan fingerprint density at radius 1 is 0.213 bits per heavy atom. The molecule has 1 fully saturated rings. The second kappa shape index (κ2) is 34.2. The molecule has 20 rings (SSSR count). The molecule has 1 aliphatic carbocycles. The van der Waals surface area contributed by atoms with Gasteiger partial charge in [0.15, 0.2) is 0 Å². The Bertz CT molecular complexity index is 7040. The quantitative estimate of drug-likeness (QED) is 0.120. The first-order chi connectivity index (χ1) is 66.2. The molecule has 5 heteroatoms. The van der Waals surface area contributed by atoms with Crippen LogP contribution < -0.4 is 26.2 Å². The van der Waals surface area contributed by atoms with E-state index in [1.54, 1.807) is 0 Å². The number of hydrogen-bond acceptors (Lipinski definition) is 2. The van der Waals surface area contributed by atoms with Crippen LogP contribution in [-0.4, -0.2) is 15.8 Å². The molecule has 3 aliphatic rings. The van der Waals surface area contributed by atoms with Crippen LogP contribution in [-0.2, 0) is 54.1 Å². The normalized spacial score (nSPS) is 14.4. The fourth-order valence-electron chi connectivity index (χ4n) is 22.8. The maximum atomic E-state index is 2.84. The predicted octanol–water partition coefficient (Wildman–Crippen LogP) is 37.0. The molecule has 15 aromatic carbocycles. The minimum atomic E-state index is -0.326. The average molecular weight is 1850 g/mol. The number of nitrogens with zero attached hydrogens (tertiary/aromatic N) is 4. The maximum absolute atomic E-state index is 2.84. The van der Waals surface area contributed by atoms with Crippen molar-refractivity contribution < 1.29 is 0 Å². The van der Waals surface area contributed by atoms with Crippen LogP contribution in [0.3, 0.4) is 0 Å². The van der Waals surface area contributed by atoms with Gasteiger partial charge in [-0.25, -0.2) is 0 Å². The molecule has 141 heavy (non-hydrogen) atoms. The zero-order chi connectivity index (χ0) is 100. The topological polar surface area (TPSA) is 16.3 Å². The number of rotatable bonds is 11. The SMILES string of the molecule is CC(C)(C)c1ccc(-c2cc(C(C)(C)C)cc(-c3ccc(C(C)(C)C)cc3)c2N2c3ccc(-c4cccc(-n5c6ccc(C(C)(C)C)cc6c6cc(C(C)(C)C)ccc65)c4)cc3B3c4cc(-c5cccc(-n6c7ccc(C(C)(C)C)cc7c7cc(C(C)(C)C)ccc76)c5)ccc4N(c4c(-c5ccc(C(C)(C)C)cc5)cc(C(C)(C)C)cc4-c4ccc(C(C)(C)C)cc4)c4cc(C5CCCCC5)cc2c43)cc1. The summed E-state index contributed by atoms with van der Waals surface area (Å²) in [4.78, 5) is 5.69. The monoisotopic (exact) mass is 1850 g/mol. The summed E-state index contributed by atoms with van der Waals surface area (Å²) >= 11 is 0. The molecule has 0 unspecified atom stereocenters. The molecule has 17 aromatic rings. The van der Waals surface area contributed by atoms with E-state index in [4.69, 9.17) is 0 Å². The van der Waals surface area contributed by atoms with E-state index in [9.17, 15) is 0 Å². The Morgan fingerprint density at radius 3 is 0.723 bits per heavy atom. The summed E-state index contributed by atoms with van der Waals surface area (Å²) in [6.07, 6.45) is 5.83. The molecule has 4 heterocycles. The highest BCUT2D eigenvalue weighted by molar-refractivity contribution is 7.00. The van der Waals surface area contributed by atoms with Gasteiger partial charge in [0.05, 0.1) is 33.4 Å². The van der Waals surface area contributed by atoms with Gasteiger partial charge < -0.3 is 18.9 Å². The van der Waals surface area contributed by atoms with Crippen LogP contribution >= 0.6 is 0 Å². The highest BCUT2D eigenvalue weighted by Crippen LogP contribution is 2.58. The van der Waals surface area contributed by atoms with E-state index in [-0.39, 0.29) is 60.9 Å². The molecule has 2 aromatic heterocycles. The van der Waals surface area contributed by atoms with Crippen LogP contribution in [0.5, 0.6) is 0 Å². The van der Waals surface area contributed by atoms with Crippen LogP contribution in [0, 0.1) is 0 Å². The summed E-state index contributed by atoms with van der Waals surface area (Å²) in [7, 11) is 0. The first kappa shape index (κ1) is 96.1. The van der Waals surface area contributed by atoms with Crippen LogP contribution in [0.2, 0.25) is 0 Å². The number of fused-ring (bicyclic) bond motifs is 10. The van der Waals surface area contributed by atoms with Crippen LogP contribution in [0.1, 0.15) is 307 Å². The molecule has 0 saturated heterocycles. The van der Waals surface area contributed by atoms with Crippen molar-refractivity contribution in [2.24, 2.45) is 0 Å². The molecule has 1 saturated carbocycles. The number of hydrogen-bond donors (Lipinski definition) is 0. The van der Waals surface area contributed by atoms with Crippen LogP contribution in [0.4, 0.5) is 34.1 Å². The molecule has 2 aliphatic heterocycles. The number of anilines is 6. The highest BCUT2D eigenvalue weighted by Gasteiger charge is 2.47.